The minimum absolute atomic E-state index is 0.0711. The first-order valence-electron chi connectivity index (χ1n) is 7.71. The predicted octanol–water partition coefficient (Wildman–Crippen LogP) is 2.69. The Bertz CT molecular complexity index is 612. The Hall–Kier alpha value is -1.92. The average molecular weight is 354 g/mol. The van der Waals surface area contributed by atoms with Gasteiger partial charge in [0.1, 0.15) is 6.61 Å². The zero-order chi connectivity index (χ0) is 18.9. The Morgan fingerprint density at radius 1 is 1.42 bits per heavy atom. The lowest BCUT2D eigenvalue weighted by Crippen LogP contribution is -2.43. The zero-order valence-corrected chi connectivity index (χ0v) is 16.4. The van der Waals surface area contributed by atoms with Gasteiger partial charge in [-0.1, -0.05) is 34.6 Å². The minimum Gasteiger partial charge on any atom is -0.538 e. The summed E-state index contributed by atoms with van der Waals surface area (Å²) < 4.78 is 16.0. The van der Waals surface area contributed by atoms with Crippen LogP contribution in [-0.2, 0) is 23.5 Å². The Balaban J connectivity index is 2.91. The first kappa shape index (κ1) is 20.1. The number of hydrogen-bond acceptors (Lipinski definition) is 5. The highest BCUT2D eigenvalue weighted by Crippen LogP contribution is 2.38. The summed E-state index contributed by atoms with van der Waals surface area (Å²) >= 11 is 0. The van der Waals surface area contributed by atoms with Crippen molar-refractivity contribution >= 4 is 26.0 Å². The Morgan fingerprint density at radius 2 is 1.96 bits per heavy atom. The quantitative estimate of drug-likeness (QED) is 0.189. The number of nitrogens with zero attached hydrogens (tertiary/aromatic N) is 2. The van der Waals surface area contributed by atoms with Crippen LogP contribution in [0.25, 0.3) is 5.53 Å². The SMILES string of the molecule is C=C(O[Si](C)(C)C(C)(C)C)C(=[N+]=[N-])C(=O)O[C@@H]1C(=O)OCC1(C)C. The van der Waals surface area contributed by atoms with E-state index in [0.717, 1.165) is 0 Å². The second-order valence-electron chi connectivity index (χ2n) is 8.12. The summed E-state index contributed by atoms with van der Waals surface area (Å²) in [6, 6.07) is 0. The third-order valence-electron chi connectivity index (χ3n) is 4.48. The molecule has 0 bridgehead atoms. The molecule has 0 aromatic heterocycles. The van der Waals surface area contributed by atoms with Crippen molar-refractivity contribution in [3.8, 4) is 0 Å². The molecule has 1 aliphatic heterocycles. The van der Waals surface area contributed by atoms with Gasteiger partial charge < -0.3 is 19.4 Å². The second kappa shape index (κ2) is 6.53. The molecule has 0 saturated carbocycles. The van der Waals surface area contributed by atoms with Gasteiger partial charge in [-0.2, -0.15) is 4.79 Å². The number of esters is 2. The van der Waals surface area contributed by atoms with Gasteiger partial charge >= 0.3 is 17.7 Å². The van der Waals surface area contributed by atoms with Crippen LogP contribution in [-0.4, -0.2) is 43.5 Å². The molecule has 7 nitrogen and oxygen atoms in total. The van der Waals surface area contributed by atoms with Crippen molar-refractivity contribution in [1.82, 2.24) is 0 Å². The van der Waals surface area contributed by atoms with Crippen molar-refractivity contribution in [2.75, 3.05) is 6.61 Å². The fourth-order valence-corrected chi connectivity index (χ4v) is 2.84. The highest BCUT2D eigenvalue weighted by Gasteiger charge is 2.49. The molecule has 0 aromatic carbocycles. The van der Waals surface area contributed by atoms with Crippen molar-refractivity contribution in [2.45, 2.75) is 58.9 Å². The van der Waals surface area contributed by atoms with Gasteiger partial charge in [0, 0.05) is 5.41 Å². The molecule has 0 unspecified atom stereocenters. The summed E-state index contributed by atoms with van der Waals surface area (Å²) in [4.78, 5) is 27.0. The summed E-state index contributed by atoms with van der Waals surface area (Å²) in [5.41, 5.74) is 8.08. The molecule has 8 heteroatoms. The van der Waals surface area contributed by atoms with Crippen LogP contribution in [0.1, 0.15) is 34.6 Å². The van der Waals surface area contributed by atoms with Crippen LogP contribution in [0, 0.1) is 5.41 Å². The summed E-state index contributed by atoms with van der Waals surface area (Å²) in [6.07, 6.45) is -1.07. The Labute approximate surface area is 143 Å². The molecule has 0 aromatic rings. The maximum atomic E-state index is 12.3. The van der Waals surface area contributed by atoms with E-state index in [4.69, 9.17) is 13.9 Å². The van der Waals surface area contributed by atoms with Crippen LogP contribution in [0.5, 0.6) is 0 Å². The fourth-order valence-electron chi connectivity index (χ4n) is 1.82. The van der Waals surface area contributed by atoms with Crippen LogP contribution in [0.4, 0.5) is 0 Å². The van der Waals surface area contributed by atoms with Crippen molar-refractivity contribution < 1.29 is 28.3 Å². The van der Waals surface area contributed by atoms with E-state index in [-0.39, 0.29) is 17.4 Å². The summed E-state index contributed by atoms with van der Waals surface area (Å²) in [6.45, 7) is 17.3. The highest BCUT2D eigenvalue weighted by molar-refractivity contribution is 6.74. The number of rotatable bonds is 5. The van der Waals surface area contributed by atoms with Gasteiger partial charge in [-0.05, 0) is 24.7 Å². The number of carbonyl (C=O) groups excluding carboxylic acids is 2. The predicted molar refractivity (Wildman–Crippen MR) is 90.7 cm³/mol. The highest BCUT2D eigenvalue weighted by atomic mass is 28.4. The van der Waals surface area contributed by atoms with E-state index >= 15 is 0 Å². The normalized spacial score (nSPS) is 20.0. The lowest BCUT2D eigenvalue weighted by molar-refractivity contribution is -0.160. The van der Waals surface area contributed by atoms with E-state index in [1.54, 1.807) is 13.8 Å². The van der Waals surface area contributed by atoms with Gasteiger partial charge in [0.25, 0.3) is 8.32 Å². The molecular weight excluding hydrogens is 328 g/mol. The van der Waals surface area contributed by atoms with Crippen LogP contribution < -0.4 is 0 Å². The average Bonchev–Trinajstić information content (AvgIpc) is 2.64. The number of ether oxygens (including phenoxy) is 2. The van der Waals surface area contributed by atoms with E-state index in [2.05, 4.69) is 11.4 Å². The third-order valence-corrected chi connectivity index (χ3v) is 8.85. The molecule has 0 amide bonds. The van der Waals surface area contributed by atoms with E-state index in [9.17, 15) is 15.1 Å². The molecule has 0 spiro atoms. The topological polar surface area (TPSA) is 98.2 Å². The number of hydrogen-bond donors (Lipinski definition) is 0. The van der Waals surface area contributed by atoms with E-state index in [0.29, 0.717) is 0 Å². The standard InChI is InChI=1S/C16H26N2O5Si/c1-10(23-24(7,8)15(2,3)4)11(18-17)13(19)22-12-14(20)21-9-16(12,5)6/h12H,1,9H2,2-8H3/t12-/m1/s1. The lowest BCUT2D eigenvalue weighted by Gasteiger charge is -2.36. The van der Waals surface area contributed by atoms with Gasteiger partial charge in [-0.15, -0.1) is 0 Å². The zero-order valence-electron chi connectivity index (χ0n) is 15.4. The second-order valence-corrected chi connectivity index (χ2v) is 12.8. The maximum absolute atomic E-state index is 12.3. The summed E-state index contributed by atoms with van der Waals surface area (Å²) in [5.74, 6) is -1.67. The van der Waals surface area contributed by atoms with Crippen molar-refractivity contribution in [3.63, 3.8) is 0 Å². The fraction of sp³-hybridized carbons (Fsp3) is 0.688. The molecule has 0 radical (unpaired) electrons. The largest absolute Gasteiger partial charge is 0.538 e. The number of cyclic esters (lactones) is 1. The van der Waals surface area contributed by atoms with E-state index < -0.39 is 37.5 Å². The minimum atomic E-state index is -2.27. The lowest BCUT2D eigenvalue weighted by atomic mass is 9.90. The van der Waals surface area contributed by atoms with Crippen LogP contribution in [0.2, 0.25) is 18.1 Å². The smallest absolute Gasteiger partial charge is 0.438 e. The van der Waals surface area contributed by atoms with Crippen molar-refractivity contribution in [2.24, 2.45) is 5.41 Å². The van der Waals surface area contributed by atoms with Gasteiger partial charge in [-0.25, -0.2) is 9.59 Å². The number of carbonyl (C=O) groups is 2. The van der Waals surface area contributed by atoms with Crippen LogP contribution in [0.3, 0.4) is 0 Å². The molecule has 1 fully saturated rings. The van der Waals surface area contributed by atoms with E-state index in [1.807, 2.05) is 33.9 Å². The Morgan fingerprint density at radius 3 is 2.33 bits per heavy atom. The van der Waals surface area contributed by atoms with Gasteiger partial charge in [0.15, 0.2) is 5.76 Å². The van der Waals surface area contributed by atoms with E-state index in [1.165, 1.54) is 0 Å². The molecule has 1 atom stereocenters. The molecule has 1 rings (SSSR count). The molecule has 1 saturated heterocycles. The molecule has 0 aliphatic carbocycles. The van der Waals surface area contributed by atoms with Crippen molar-refractivity contribution in [1.29, 1.82) is 0 Å². The summed E-state index contributed by atoms with van der Waals surface area (Å²) in [5, 5.41) is -0.127. The van der Waals surface area contributed by atoms with Gasteiger partial charge in [0.05, 0.1) is 0 Å². The van der Waals surface area contributed by atoms with Crippen LogP contribution in [0.15, 0.2) is 12.3 Å². The van der Waals surface area contributed by atoms with Gasteiger partial charge in [-0.3, -0.25) is 0 Å². The molecule has 1 aliphatic rings. The molecule has 1 heterocycles. The molecular formula is C16H26N2O5Si. The molecule has 0 N–H and O–H groups in total. The first-order valence-corrected chi connectivity index (χ1v) is 10.6. The van der Waals surface area contributed by atoms with Gasteiger partial charge in [0.2, 0.25) is 6.10 Å². The third kappa shape index (κ3) is 4.13. The van der Waals surface area contributed by atoms with Crippen molar-refractivity contribution in [3.05, 3.63) is 17.9 Å². The molecule has 134 valence electrons. The molecule has 24 heavy (non-hydrogen) atoms. The Kier molecular flexibility index (Phi) is 5.47. The maximum Gasteiger partial charge on any atom is 0.438 e. The van der Waals surface area contributed by atoms with Crippen LogP contribution >= 0.6 is 0 Å². The first-order chi connectivity index (χ1) is 10.7. The summed E-state index contributed by atoms with van der Waals surface area (Å²) in [7, 11) is -2.27. The monoisotopic (exact) mass is 354 g/mol.